The van der Waals surface area contributed by atoms with Crippen LogP contribution in [0.5, 0.6) is 0 Å². The molecule has 1 unspecified atom stereocenters. The number of carbonyl (C=O) groups is 1. The third kappa shape index (κ3) is 3.46. The fourth-order valence-corrected chi connectivity index (χ4v) is 4.53. The minimum absolute atomic E-state index is 0.0173. The second kappa shape index (κ2) is 5.38. The lowest BCUT2D eigenvalue weighted by Crippen LogP contribution is -2.24. The Labute approximate surface area is 123 Å². The van der Waals surface area contributed by atoms with Gasteiger partial charge in [0.1, 0.15) is 5.82 Å². The number of hydrogen-bond donors (Lipinski definition) is 1. The average Bonchev–Trinajstić information content (AvgIpc) is 2.64. The van der Waals surface area contributed by atoms with Gasteiger partial charge in [-0.1, -0.05) is 11.6 Å². The average molecular weight is 371 g/mol. The van der Waals surface area contributed by atoms with Crippen molar-refractivity contribution in [2.75, 3.05) is 16.8 Å². The number of sulfone groups is 1. The first-order chi connectivity index (χ1) is 8.78. The molecule has 4 nitrogen and oxygen atoms in total. The molecule has 0 aromatic heterocycles. The van der Waals surface area contributed by atoms with E-state index in [1.807, 2.05) is 0 Å². The Morgan fingerprint density at radius 1 is 1.47 bits per heavy atom. The fraction of sp³-hybridized carbons (Fsp3) is 0.364. The molecule has 1 aliphatic rings. The van der Waals surface area contributed by atoms with Gasteiger partial charge < -0.3 is 5.32 Å². The van der Waals surface area contributed by atoms with Gasteiger partial charge in [0.15, 0.2) is 9.84 Å². The lowest BCUT2D eigenvalue weighted by atomic mass is 10.1. The number of anilines is 1. The summed E-state index contributed by atoms with van der Waals surface area (Å²) >= 11 is 8.94. The van der Waals surface area contributed by atoms with Crippen LogP contribution < -0.4 is 5.32 Å². The molecule has 1 aromatic rings. The fourth-order valence-electron chi connectivity index (χ4n) is 1.89. The highest BCUT2D eigenvalue weighted by Crippen LogP contribution is 2.32. The van der Waals surface area contributed by atoms with Crippen molar-refractivity contribution in [1.82, 2.24) is 0 Å². The molecule has 1 fully saturated rings. The van der Waals surface area contributed by atoms with E-state index in [-0.39, 0.29) is 22.2 Å². The maximum atomic E-state index is 13.0. The predicted octanol–water partition coefficient (Wildman–Crippen LogP) is 2.61. The SMILES string of the molecule is O=C(Nc1c(Cl)cc(F)cc1Br)C1CCS(=O)(=O)C1. The Balaban J connectivity index is 2.16. The van der Waals surface area contributed by atoms with Gasteiger partial charge in [0.25, 0.3) is 0 Å². The summed E-state index contributed by atoms with van der Waals surface area (Å²) < 4.78 is 36.0. The molecule has 1 N–H and O–H groups in total. The van der Waals surface area contributed by atoms with Gasteiger partial charge in [-0.25, -0.2) is 12.8 Å². The first-order valence-corrected chi connectivity index (χ1v) is 8.43. The zero-order valence-corrected chi connectivity index (χ0v) is 12.8. The number of nitrogens with one attached hydrogen (secondary N) is 1. The highest BCUT2D eigenvalue weighted by atomic mass is 79.9. The quantitative estimate of drug-likeness (QED) is 0.870. The summed E-state index contributed by atoms with van der Waals surface area (Å²) in [6.07, 6.45) is 0.296. The molecular weight excluding hydrogens is 361 g/mol. The molecule has 0 spiro atoms. The van der Waals surface area contributed by atoms with Crippen LogP contribution in [0.2, 0.25) is 5.02 Å². The van der Waals surface area contributed by atoms with Crippen molar-refractivity contribution in [3.05, 3.63) is 27.4 Å². The molecule has 1 saturated heterocycles. The Morgan fingerprint density at radius 2 is 2.16 bits per heavy atom. The Morgan fingerprint density at radius 3 is 2.68 bits per heavy atom. The summed E-state index contributed by atoms with van der Waals surface area (Å²) in [6.45, 7) is 0. The van der Waals surface area contributed by atoms with Crippen molar-refractivity contribution in [3.8, 4) is 0 Å². The number of hydrogen-bond acceptors (Lipinski definition) is 3. The number of carbonyl (C=O) groups excluding carboxylic acids is 1. The minimum atomic E-state index is -3.13. The van der Waals surface area contributed by atoms with Crippen molar-refractivity contribution in [1.29, 1.82) is 0 Å². The van der Waals surface area contributed by atoms with Gasteiger partial charge in [-0.2, -0.15) is 0 Å². The topological polar surface area (TPSA) is 63.2 Å². The summed E-state index contributed by atoms with van der Waals surface area (Å²) in [7, 11) is -3.13. The molecule has 104 valence electrons. The maximum absolute atomic E-state index is 13.0. The molecule has 1 aliphatic heterocycles. The maximum Gasteiger partial charge on any atom is 0.228 e. The van der Waals surface area contributed by atoms with E-state index in [1.54, 1.807) is 0 Å². The first kappa shape index (κ1) is 14.7. The molecule has 1 amide bonds. The third-order valence-electron chi connectivity index (χ3n) is 2.86. The van der Waals surface area contributed by atoms with Crippen LogP contribution in [0.1, 0.15) is 6.42 Å². The molecule has 8 heteroatoms. The second-order valence-corrected chi connectivity index (χ2v) is 7.82. The van der Waals surface area contributed by atoms with E-state index in [0.29, 0.717) is 10.9 Å². The Kier molecular flexibility index (Phi) is 4.17. The summed E-state index contributed by atoms with van der Waals surface area (Å²) in [6, 6.07) is 2.25. The largest absolute Gasteiger partial charge is 0.324 e. The van der Waals surface area contributed by atoms with E-state index < -0.39 is 27.5 Å². The lowest BCUT2D eigenvalue weighted by Gasteiger charge is -2.12. The zero-order valence-electron chi connectivity index (χ0n) is 9.62. The molecule has 1 aromatic carbocycles. The summed E-state index contributed by atoms with van der Waals surface area (Å²) in [5, 5.41) is 2.59. The normalized spacial score (nSPS) is 21.3. The van der Waals surface area contributed by atoms with Gasteiger partial charge in [-0.05, 0) is 34.5 Å². The van der Waals surface area contributed by atoms with Crippen molar-refractivity contribution >= 4 is 49.0 Å². The second-order valence-electron chi connectivity index (χ2n) is 4.33. The van der Waals surface area contributed by atoms with Crippen LogP contribution >= 0.6 is 27.5 Å². The summed E-state index contributed by atoms with van der Waals surface area (Å²) in [5.74, 6) is -1.68. The molecule has 19 heavy (non-hydrogen) atoms. The van der Waals surface area contributed by atoms with Crippen LogP contribution in [0.3, 0.4) is 0 Å². The number of rotatable bonds is 2. The third-order valence-corrected chi connectivity index (χ3v) is 5.55. The molecule has 0 aliphatic carbocycles. The van der Waals surface area contributed by atoms with E-state index in [4.69, 9.17) is 11.6 Å². The van der Waals surface area contributed by atoms with Crippen molar-refractivity contribution < 1.29 is 17.6 Å². The van der Waals surface area contributed by atoms with Gasteiger partial charge in [0.2, 0.25) is 5.91 Å². The van der Waals surface area contributed by atoms with E-state index in [0.717, 1.165) is 6.07 Å². The molecule has 0 bridgehead atoms. The van der Waals surface area contributed by atoms with Crippen LogP contribution in [0.25, 0.3) is 0 Å². The smallest absolute Gasteiger partial charge is 0.228 e. The standard InChI is InChI=1S/C11H10BrClFNO3S/c12-8-3-7(14)4-9(13)10(8)15-11(16)6-1-2-19(17,18)5-6/h3-4,6H,1-2,5H2,(H,15,16). The van der Waals surface area contributed by atoms with Gasteiger partial charge in [0.05, 0.1) is 28.1 Å². The van der Waals surface area contributed by atoms with Crippen LogP contribution in [0.15, 0.2) is 16.6 Å². The van der Waals surface area contributed by atoms with Gasteiger partial charge in [0, 0.05) is 4.47 Å². The van der Waals surface area contributed by atoms with E-state index in [9.17, 15) is 17.6 Å². The molecule has 0 saturated carbocycles. The molecule has 0 radical (unpaired) electrons. The molecule has 1 atom stereocenters. The van der Waals surface area contributed by atoms with Crippen LogP contribution in [-0.4, -0.2) is 25.8 Å². The highest BCUT2D eigenvalue weighted by molar-refractivity contribution is 9.10. The van der Waals surface area contributed by atoms with E-state index in [2.05, 4.69) is 21.2 Å². The van der Waals surface area contributed by atoms with Crippen molar-refractivity contribution in [2.45, 2.75) is 6.42 Å². The van der Waals surface area contributed by atoms with E-state index in [1.165, 1.54) is 6.07 Å². The Bertz CT molecular complexity index is 612. The van der Waals surface area contributed by atoms with Gasteiger partial charge >= 0.3 is 0 Å². The lowest BCUT2D eigenvalue weighted by molar-refractivity contribution is -0.119. The minimum Gasteiger partial charge on any atom is -0.324 e. The highest BCUT2D eigenvalue weighted by Gasteiger charge is 2.33. The van der Waals surface area contributed by atoms with E-state index >= 15 is 0 Å². The van der Waals surface area contributed by atoms with Gasteiger partial charge in [-0.3, -0.25) is 4.79 Å². The van der Waals surface area contributed by atoms with Crippen molar-refractivity contribution in [3.63, 3.8) is 0 Å². The van der Waals surface area contributed by atoms with Gasteiger partial charge in [-0.15, -0.1) is 0 Å². The monoisotopic (exact) mass is 369 g/mol. The van der Waals surface area contributed by atoms with Crippen molar-refractivity contribution in [2.24, 2.45) is 5.92 Å². The first-order valence-electron chi connectivity index (χ1n) is 5.44. The molecule has 2 rings (SSSR count). The van der Waals surface area contributed by atoms with Crippen LogP contribution in [0, 0.1) is 11.7 Å². The van der Waals surface area contributed by atoms with Crippen LogP contribution in [0.4, 0.5) is 10.1 Å². The molecule has 1 heterocycles. The predicted molar refractivity (Wildman–Crippen MR) is 74.5 cm³/mol. The molecular formula is C11H10BrClFNO3S. The summed E-state index contributed by atoms with van der Waals surface area (Å²) in [5.41, 5.74) is 0.248. The summed E-state index contributed by atoms with van der Waals surface area (Å²) in [4.78, 5) is 11.9. The zero-order chi connectivity index (χ0) is 14.2. The number of halogens is 3. The Hall–Kier alpha value is -0.660. The number of benzene rings is 1. The van der Waals surface area contributed by atoms with Crippen LogP contribution in [-0.2, 0) is 14.6 Å². The number of amides is 1.